The van der Waals surface area contributed by atoms with E-state index in [-0.39, 0.29) is 43.8 Å². The first-order valence-electron chi connectivity index (χ1n) is 5.37. The Hall–Kier alpha value is 0.574. The van der Waals surface area contributed by atoms with Crippen LogP contribution in [0.5, 0.6) is 0 Å². The van der Waals surface area contributed by atoms with Crippen LogP contribution in [0.1, 0.15) is 48.0 Å². The van der Waals surface area contributed by atoms with Crippen molar-refractivity contribution < 1.29 is 37.4 Å². The van der Waals surface area contributed by atoms with E-state index in [1.165, 1.54) is 0 Å². The van der Waals surface area contributed by atoms with Gasteiger partial charge >= 0.3 is 32.7 Å². The first kappa shape index (κ1) is 15.6. The molecule has 0 N–H and O–H groups in total. The fraction of sp³-hybridized carbons (Fsp3) is 0.833. The van der Waals surface area contributed by atoms with Crippen LogP contribution in [-0.4, -0.2) is 17.0 Å². The van der Waals surface area contributed by atoms with Gasteiger partial charge in [0.2, 0.25) is 0 Å². The predicted molar refractivity (Wildman–Crippen MR) is 60.4 cm³/mol. The van der Waals surface area contributed by atoms with E-state index in [0.29, 0.717) is 5.92 Å². The van der Waals surface area contributed by atoms with Crippen LogP contribution < -0.4 is 0 Å². The summed E-state index contributed by atoms with van der Waals surface area (Å²) in [6.45, 7) is 12.7. The van der Waals surface area contributed by atoms with Crippen LogP contribution in [0.15, 0.2) is 4.99 Å². The molecule has 0 aromatic rings. The third-order valence-electron chi connectivity index (χ3n) is 3.23. The second-order valence-electron chi connectivity index (χ2n) is 5.17. The fourth-order valence-corrected chi connectivity index (χ4v) is 1.48. The van der Waals surface area contributed by atoms with Crippen molar-refractivity contribution in [3.05, 3.63) is 6.42 Å². The Bertz CT molecular complexity index is 246. The zero-order valence-electron chi connectivity index (χ0n) is 10.8. The zero-order valence-corrected chi connectivity index (χ0v) is 13.6. The van der Waals surface area contributed by atoms with Crippen molar-refractivity contribution in [1.29, 1.82) is 0 Å². The van der Waals surface area contributed by atoms with Crippen molar-refractivity contribution in [2.45, 2.75) is 59.1 Å². The van der Waals surface area contributed by atoms with Gasteiger partial charge in [-0.15, -0.1) is 0 Å². The molecule has 0 amide bonds. The Labute approximate surface area is 119 Å². The summed E-state index contributed by atoms with van der Waals surface area (Å²) < 4.78 is 5.91. The van der Waals surface area contributed by atoms with Crippen molar-refractivity contribution >= 4 is 5.90 Å². The topological polar surface area (TPSA) is 21.6 Å². The summed E-state index contributed by atoms with van der Waals surface area (Å²) >= 11 is 0. The van der Waals surface area contributed by atoms with E-state index in [4.69, 9.17) is 4.74 Å². The van der Waals surface area contributed by atoms with Gasteiger partial charge in [0, 0.05) is 5.92 Å². The van der Waals surface area contributed by atoms with E-state index >= 15 is 0 Å². The van der Waals surface area contributed by atoms with Gasteiger partial charge in [0.25, 0.3) is 0 Å². The molecule has 3 heteroatoms. The van der Waals surface area contributed by atoms with Gasteiger partial charge in [-0.3, -0.25) is 0 Å². The molecule has 1 heterocycles. The summed E-state index contributed by atoms with van der Waals surface area (Å²) in [5.74, 6) is 1.32. The SMILES string of the molecule is C[CH-]CC(C)C1=NC(C)(C)C(C)(C)O1.[Y+3]. The smallest absolute Gasteiger partial charge is 0.472 e. The molecular formula is C12H22NOY+2. The van der Waals surface area contributed by atoms with Crippen LogP contribution in [0.4, 0.5) is 0 Å². The van der Waals surface area contributed by atoms with Gasteiger partial charge < -0.3 is 11.2 Å². The van der Waals surface area contributed by atoms with Crippen LogP contribution in [-0.2, 0) is 37.4 Å². The minimum Gasteiger partial charge on any atom is -0.472 e. The molecule has 0 bridgehead atoms. The number of ether oxygens (including phenoxy) is 1. The second kappa shape index (κ2) is 5.27. The maximum Gasteiger partial charge on any atom is 3.00 e. The number of hydrogen-bond acceptors (Lipinski definition) is 2. The van der Waals surface area contributed by atoms with Gasteiger partial charge in [0.1, 0.15) is 5.60 Å². The van der Waals surface area contributed by atoms with Crippen molar-refractivity contribution in [1.82, 2.24) is 0 Å². The van der Waals surface area contributed by atoms with Gasteiger partial charge in [0.05, 0.1) is 5.54 Å². The van der Waals surface area contributed by atoms with Crippen LogP contribution in [0, 0.1) is 12.3 Å². The molecule has 0 aromatic carbocycles. The van der Waals surface area contributed by atoms with Crippen molar-refractivity contribution in [3.8, 4) is 0 Å². The minimum absolute atomic E-state index is 0. The Morgan fingerprint density at radius 3 is 2.20 bits per heavy atom. The van der Waals surface area contributed by atoms with E-state index in [1.54, 1.807) is 0 Å². The molecular weight excluding hydrogens is 263 g/mol. The molecule has 0 spiro atoms. The first-order valence-corrected chi connectivity index (χ1v) is 5.37. The molecule has 1 atom stereocenters. The molecule has 15 heavy (non-hydrogen) atoms. The van der Waals surface area contributed by atoms with Crippen LogP contribution in [0.2, 0.25) is 0 Å². The van der Waals surface area contributed by atoms with Gasteiger partial charge in [-0.25, -0.2) is 4.99 Å². The van der Waals surface area contributed by atoms with E-state index in [0.717, 1.165) is 12.3 Å². The summed E-state index contributed by atoms with van der Waals surface area (Å²) in [4.78, 5) is 4.67. The van der Waals surface area contributed by atoms with E-state index in [1.807, 2.05) is 0 Å². The van der Waals surface area contributed by atoms with Crippen molar-refractivity contribution in [2.75, 3.05) is 0 Å². The molecule has 1 rings (SSSR count). The monoisotopic (exact) mass is 285 g/mol. The summed E-state index contributed by atoms with van der Waals surface area (Å²) in [6.07, 6.45) is 3.19. The standard InChI is InChI=1S/C12H22NO.Y/c1-7-8-9(2)10-13-11(3,4)12(5,6)14-10;/h7,9H,8H2,1-6H3;/q-1;+3. The normalized spacial score (nSPS) is 23.7. The Kier molecular flexibility index (Phi) is 5.47. The summed E-state index contributed by atoms with van der Waals surface area (Å²) in [5, 5.41) is 0. The largest absolute Gasteiger partial charge is 3.00 e. The number of nitrogens with zero attached hydrogens (tertiary/aromatic N) is 1. The van der Waals surface area contributed by atoms with Crippen LogP contribution in [0.25, 0.3) is 0 Å². The summed E-state index contributed by atoms with van der Waals surface area (Å²) in [7, 11) is 0. The second-order valence-corrected chi connectivity index (χ2v) is 5.17. The molecule has 1 unspecified atom stereocenters. The molecule has 0 fully saturated rings. The molecule has 0 saturated heterocycles. The number of rotatable bonds is 3. The molecule has 0 saturated carbocycles. The van der Waals surface area contributed by atoms with Crippen molar-refractivity contribution in [2.24, 2.45) is 10.9 Å². The molecule has 1 aliphatic heterocycles. The van der Waals surface area contributed by atoms with Gasteiger partial charge in [-0.2, -0.15) is 13.3 Å². The summed E-state index contributed by atoms with van der Waals surface area (Å²) in [6, 6.07) is 0. The Balaban J connectivity index is 0.00000196. The first-order chi connectivity index (χ1) is 6.30. The van der Waals surface area contributed by atoms with Crippen LogP contribution >= 0.6 is 0 Å². The third-order valence-corrected chi connectivity index (χ3v) is 3.23. The van der Waals surface area contributed by atoms with Crippen LogP contribution in [0.3, 0.4) is 0 Å². The van der Waals surface area contributed by atoms with Gasteiger partial charge in [-0.05, 0) is 27.7 Å². The predicted octanol–water partition coefficient (Wildman–Crippen LogP) is 3.22. The van der Waals surface area contributed by atoms with E-state index in [2.05, 4.69) is 53.0 Å². The molecule has 2 nitrogen and oxygen atoms in total. The van der Waals surface area contributed by atoms with Gasteiger partial charge in [0.15, 0.2) is 5.90 Å². The maximum absolute atomic E-state index is 5.91. The fourth-order valence-electron chi connectivity index (χ4n) is 1.48. The van der Waals surface area contributed by atoms with E-state index < -0.39 is 0 Å². The maximum atomic E-state index is 5.91. The Morgan fingerprint density at radius 1 is 1.33 bits per heavy atom. The van der Waals surface area contributed by atoms with Gasteiger partial charge in [-0.1, -0.05) is 6.92 Å². The molecule has 0 aliphatic carbocycles. The number of aliphatic imine (C=N–C) groups is 1. The summed E-state index contributed by atoms with van der Waals surface area (Å²) in [5.41, 5.74) is -0.283. The minimum atomic E-state index is -0.176. The molecule has 0 radical (unpaired) electrons. The molecule has 0 aromatic heterocycles. The average molecular weight is 285 g/mol. The zero-order chi connectivity index (χ0) is 11.0. The molecule has 82 valence electrons. The third kappa shape index (κ3) is 3.26. The van der Waals surface area contributed by atoms with E-state index in [9.17, 15) is 0 Å². The van der Waals surface area contributed by atoms with Crippen molar-refractivity contribution in [3.63, 3.8) is 0 Å². The number of hydrogen-bond donors (Lipinski definition) is 0. The molecule has 1 aliphatic rings. The Morgan fingerprint density at radius 2 is 1.87 bits per heavy atom. The quantitative estimate of drug-likeness (QED) is 0.730. The average Bonchev–Trinajstić information content (AvgIpc) is 2.22.